The molecular formula is C41H37Cl2N6O9P. The Bertz CT molecular complexity index is 2840. The molecule has 5 N–H and O–H groups in total. The lowest BCUT2D eigenvalue weighted by atomic mass is 9.72. The third-order valence-electron chi connectivity index (χ3n) is 11.8. The van der Waals surface area contributed by atoms with Gasteiger partial charge in [0.15, 0.2) is 28.6 Å². The number of phosphoric ester groups is 1. The number of amides is 2. The van der Waals surface area contributed by atoms with Gasteiger partial charge in [0, 0.05) is 41.2 Å². The van der Waals surface area contributed by atoms with Crippen LogP contribution in [-0.4, -0.2) is 54.5 Å². The van der Waals surface area contributed by atoms with Crippen LogP contribution in [0.5, 0.6) is 5.75 Å². The van der Waals surface area contributed by atoms with Gasteiger partial charge in [0.2, 0.25) is 11.8 Å². The molecule has 10 bridgehead atoms. The van der Waals surface area contributed by atoms with Crippen LogP contribution in [-0.2, 0) is 37.6 Å². The number of carbonyl (C=O) groups excluding carboxylic acids is 2. The Morgan fingerprint density at radius 1 is 1.03 bits per heavy atom. The normalized spacial score (nSPS) is 21.7. The molecule has 0 fully saturated rings. The summed E-state index contributed by atoms with van der Waals surface area (Å²) in [6.07, 6.45) is -2.33. The van der Waals surface area contributed by atoms with Gasteiger partial charge in [-0.3, -0.25) is 14.1 Å². The minimum atomic E-state index is -5.07. The van der Waals surface area contributed by atoms with Gasteiger partial charge >= 0.3 is 7.82 Å². The van der Waals surface area contributed by atoms with Crippen molar-refractivity contribution in [1.29, 1.82) is 0 Å². The van der Waals surface area contributed by atoms with E-state index in [9.17, 15) is 23.9 Å². The summed E-state index contributed by atoms with van der Waals surface area (Å²) in [5.74, 6) is -1.08. The molecule has 0 saturated heterocycles. The number of anilines is 1. The number of nitrogens with zero attached hydrogens (tertiary/aromatic N) is 3. The number of phosphoric acid groups is 1. The van der Waals surface area contributed by atoms with Crippen LogP contribution >= 0.6 is 31.0 Å². The summed E-state index contributed by atoms with van der Waals surface area (Å²) < 4.78 is 39.1. The Hall–Kier alpha value is -5.15. The van der Waals surface area contributed by atoms with Crippen molar-refractivity contribution in [3.63, 3.8) is 0 Å². The molecule has 1 spiro atoms. The number of halogens is 2. The van der Waals surface area contributed by atoms with Gasteiger partial charge in [-0.05, 0) is 35.1 Å². The molecule has 2 amide bonds. The van der Waals surface area contributed by atoms with Crippen LogP contribution < -0.4 is 20.7 Å². The van der Waals surface area contributed by atoms with Crippen molar-refractivity contribution in [2.45, 2.75) is 63.9 Å². The average molecular weight is 860 g/mol. The van der Waals surface area contributed by atoms with E-state index in [0.717, 1.165) is 33.3 Å². The molecule has 3 aromatic heterocycles. The molecule has 15 nitrogen and oxygen atoms in total. The molecule has 5 atom stereocenters. The van der Waals surface area contributed by atoms with Crippen LogP contribution in [0, 0.1) is 11.8 Å². The van der Waals surface area contributed by atoms with Crippen molar-refractivity contribution in [2.75, 3.05) is 5.32 Å². The minimum Gasteiger partial charge on any atom is -0.469 e. The number of carbonyl (C=O) groups is 2. The number of fused-ring (bicyclic) bond motifs is 7. The molecule has 6 aromatic rings. The van der Waals surface area contributed by atoms with E-state index < -0.39 is 55.4 Å². The van der Waals surface area contributed by atoms with Gasteiger partial charge in [0.1, 0.15) is 34.5 Å². The highest BCUT2D eigenvalue weighted by Crippen LogP contribution is 2.62. The molecular weight excluding hydrogens is 822 g/mol. The Morgan fingerprint density at radius 3 is 2.54 bits per heavy atom. The fourth-order valence-corrected chi connectivity index (χ4v) is 10.2. The van der Waals surface area contributed by atoms with E-state index in [1.807, 2.05) is 80.1 Å². The highest BCUT2D eigenvalue weighted by molar-refractivity contribution is 7.46. The molecule has 0 aliphatic carbocycles. The summed E-state index contributed by atoms with van der Waals surface area (Å²) in [6, 6.07) is 15.5. The van der Waals surface area contributed by atoms with Crippen LogP contribution in [0.2, 0.25) is 10.3 Å². The van der Waals surface area contributed by atoms with E-state index in [2.05, 4.69) is 16.0 Å². The Balaban J connectivity index is 1.25. The number of ether oxygens (including phenoxy) is 1. The van der Waals surface area contributed by atoms with Gasteiger partial charge in [-0.25, -0.2) is 9.55 Å². The number of para-hydroxylation sites is 1. The largest absolute Gasteiger partial charge is 0.470 e. The Kier molecular flexibility index (Phi) is 8.50. The highest BCUT2D eigenvalue weighted by atomic mass is 35.5. The standard InChI is InChI=1S/C41H37Cl2N6O9P/c1-16(2)28-38-46-30-33(57-38)41-21-10-6-9-20(19-8-7-11-24-26(19)27(35(43)49(24)5)32-34(42)48-39(30)56-32)29(21)47-40(41)55-25-13-12-18(14-22(25)41)15-23(36(50)45-28)44-37(51)31(17(3)4)58-59(52,53)54/h6-14,16-17,23,28,31,40,47H,15H2,1-5H3,(H,44,51)(H,45,50)(H2,52,53,54)/t23-,28-,31-,40?,41-/m0/s1. The number of hydrogen-bond acceptors (Lipinski definition) is 10. The molecule has 18 heteroatoms. The third-order valence-corrected chi connectivity index (χ3v) is 13.0. The second kappa shape index (κ2) is 13.2. The predicted octanol–water partition coefficient (Wildman–Crippen LogP) is 7.24. The van der Waals surface area contributed by atoms with Crippen molar-refractivity contribution < 1.29 is 42.0 Å². The van der Waals surface area contributed by atoms with Gasteiger partial charge < -0.3 is 43.9 Å². The lowest BCUT2D eigenvalue weighted by Crippen LogP contribution is -2.53. The lowest BCUT2D eigenvalue weighted by Gasteiger charge is -2.29. The first-order chi connectivity index (χ1) is 28.1. The Labute approximate surface area is 346 Å². The molecule has 4 aliphatic heterocycles. The van der Waals surface area contributed by atoms with Gasteiger partial charge in [-0.15, -0.1) is 0 Å². The zero-order valence-electron chi connectivity index (χ0n) is 32.2. The van der Waals surface area contributed by atoms with Gasteiger partial charge in [-0.1, -0.05) is 93.4 Å². The van der Waals surface area contributed by atoms with Crippen LogP contribution in [0.25, 0.3) is 44.9 Å². The van der Waals surface area contributed by atoms with Crippen LogP contribution in [0.15, 0.2) is 63.4 Å². The number of rotatable bonds is 6. The maximum atomic E-state index is 14.4. The second-order valence-electron chi connectivity index (χ2n) is 16.1. The summed E-state index contributed by atoms with van der Waals surface area (Å²) in [5, 5.41) is 10.7. The molecule has 59 heavy (non-hydrogen) atoms. The van der Waals surface area contributed by atoms with Crippen LogP contribution in [0.3, 0.4) is 0 Å². The SMILES string of the molecule is CC(C)[C@H](OP(=O)(O)O)C(=O)N[C@H]1Cc2ccc3c(c2)[C@]24c5cccc(c5NC2O3)-c2cccc3c2c(c(Cl)n3C)-c2oc(nc2Cl)-c2nc(oc24)[C@H](C(C)C)NC1=O. The number of aromatic nitrogens is 3. The van der Waals surface area contributed by atoms with E-state index in [4.69, 9.17) is 51.3 Å². The maximum absolute atomic E-state index is 14.4. The summed E-state index contributed by atoms with van der Waals surface area (Å²) in [6.45, 7) is 6.94. The van der Waals surface area contributed by atoms with Crippen molar-refractivity contribution in [2.24, 2.45) is 18.9 Å². The topological polar surface area (TPSA) is 203 Å². The van der Waals surface area contributed by atoms with E-state index in [1.165, 1.54) is 0 Å². The molecule has 0 radical (unpaired) electrons. The van der Waals surface area contributed by atoms with E-state index in [-0.39, 0.29) is 40.7 Å². The first-order valence-corrected chi connectivity index (χ1v) is 21.4. The summed E-state index contributed by atoms with van der Waals surface area (Å²) >= 11 is 14.1. The molecule has 1 unspecified atom stereocenters. The van der Waals surface area contributed by atoms with Gasteiger partial charge in [0.25, 0.3) is 11.8 Å². The molecule has 7 heterocycles. The van der Waals surface area contributed by atoms with Crippen LogP contribution in [0.4, 0.5) is 5.69 Å². The van der Waals surface area contributed by atoms with Gasteiger partial charge in [-0.2, -0.15) is 4.98 Å². The molecule has 304 valence electrons. The number of oxazole rings is 2. The number of benzene rings is 3. The van der Waals surface area contributed by atoms with E-state index in [1.54, 1.807) is 13.8 Å². The lowest BCUT2D eigenvalue weighted by molar-refractivity contribution is -0.135. The first-order valence-electron chi connectivity index (χ1n) is 19.1. The highest BCUT2D eigenvalue weighted by Gasteiger charge is 2.62. The minimum absolute atomic E-state index is 0.00501. The Morgan fingerprint density at radius 2 is 1.80 bits per heavy atom. The number of nitrogens with one attached hydrogen (secondary N) is 3. The summed E-state index contributed by atoms with van der Waals surface area (Å²) in [5.41, 5.74) is 5.10. The summed E-state index contributed by atoms with van der Waals surface area (Å²) in [7, 11) is -3.20. The first kappa shape index (κ1) is 38.1. The van der Waals surface area contributed by atoms with Crippen LogP contribution in [0.1, 0.15) is 62.1 Å². The second-order valence-corrected chi connectivity index (χ2v) is 18.0. The maximum Gasteiger partial charge on any atom is 0.470 e. The van der Waals surface area contributed by atoms with Crippen molar-refractivity contribution in [3.8, 4) is 39.8 Å². The van der Waals surface area contributed by atoms with E-state index in [0.29, 0.717) is 33.4 Å². The van der Waals surface area contributed by atoms with Crippen molar-refractivity contribution >= 4 is 59.4 Å². The molecule has 10 rings (SSSR count). The molecule has 4 aliphatic rings. The van der Waals surface area contributed by atoms with Crippen molar-refractivity contribution in [3.05, 3.63) is 93.2 Å². The number of hydrogen-bond donors (Lipinski definition) is 5. The quantitative estimate of drug-likeness (QED) is 0.105. The number of aryl methyl sites for hydroxylation is 1. The smallest absolute Gasteiger partial charge is 0.469 e. The predicted molar refractivity (Wildman–Crippen MR) is 217 cm³/mol. The van der Waals surface area contributed by atoms with Gasteiger partial charge in [0.05, 0.1) is 11.1 Å². The third kappa shape index (κ3) is 5.55. The fraction of sp³-hybridized carbons (Fsp3) is 0.317. The summed E-state index contributed by atoms with van der Waals surface area (Å²) in [4.78, 5) is 57.1. The van der Waals surface area contributed by atoms with Crippen molar-refractivity contribution in [1.82, 2.24) is 25.2 Å². The monoisotopic (exact) mass is 858 g/mol. The average Bonchev–Trinajstić information content (AvgIpc) is 3.97. The molecule has 3 aromatic carbocycles. The zero-order chi connectivity index (χ0) is 41.4. The zero-order valence-corrected chi connectivity index (χ0v) is 34.6. The molecule has 0 saturated carbocycles. The fourth-order valence-electron chi connectivity index (χ4n) is 9.07. The van der Waals surface area contributed by atoms with E-state index >= 15 is 0 Å².